The fourth-order valence-electron chi connectivity index (χ4n) is 2.13. The minimum Gasteiger partial charge on any atom is -0.480 e. The molecule has 2 rings (SSSR count). The van der Waals surface area contributed by atoms with Gasteiger partial charge in [0.2, 0.25) is 5.91 Å². The molecule has 1 heterocycles. The van der Waals surface area contributed by atoms with Crippen molar-refractivity contribution < 1.29 is 33.0 Å². The van der Waals surface area contributed by atoms with Crippen LogP contribution in [0.25, 0.3) is 10.6 Å². The van der Waals surface area contributed by atoms with Gasteiger partial charge < -0.3 is 15.5 Å². The van der Waals surface area contributed by atoms with Gasteiger partial charge in [-0.25, -0.2) is 9.78 Å². The lowest BCUT2D eigenvalue weighted by Gasteiger charge is -2.32. The number of hydrogen-bond donors (Lipinski definition) is 3. The van der Waals surface area contributed by atoms with Crippen molar-refractivity contribution in [2.75, 3.05) is 0 Å². The molecule has 0 fully saturated rings. The van der Waals surface area contributed by atoms with Crippen LogP contribution < -0.4 is 5.32 Å². The van der Waals surface area contributed by atoms with E-state index in [0.717, 1.165) is 0 Å². The van der Waals surface area contributed by atoms with E-state index in [0.29, 0.717) is 15.6 Å². The van der Waals surface area contributed by atoms with Crippen molar-refractivity contribution in [3.8, 4) is 10.6 Å². The minimum atomic E-state index is -5.25. The van der Waals surface area contributed by atoms with Crippen LogP contribution in [0.4, 0.5) is 13.2 Å². The number of hydrogen-bond acceptors (Lipinski definition) is 5. The van der Waals surface area contributed by atoms with E-state index in [9.17, 15) is 27.9 Å². The Morgan fingerprint density at radius 2 is 2.04 bits per heavy atom. The van der Waals surface area contributed by atoms with Gasteiger partial charge in [-0.15, -0.1) is 11.3 Å². The number of benzene rings is 1. The summed E-state index contributed by atoms with van der Waals surface area (Å²) in [6, 6.07) is 4.23. The van der Waals surface area contributed by atoms with Gasteiger partial charge in [0.15, 0.2) is 11.6 Å². The zero-order valence-corrected chi connectivity index (χ0v) is 15.3. The van der Waals surface area contributed by atoms with Crippen LogP contribution in [0.15, 0.2) is 29.6 Å². The van der Waals surface area contributed by atoms with Gasteiger partial charge >= 0.3 is 12.1 Å². The molecule has 1 amide bonds. The quantitative estimate of drug-likeness (QED) is 0.664. The van der Waals surface area contributed by atoms with Gasteiger partial charge in [0.25, 0.3) is 0 Å². The highest BCUT2D eigenvalue weighted by Gasteiger charge is 2.58. The first-order valence-electron chi connectivity index (χ1n) is 7.43. The number of carbonyl (C=O) groups excluding carboxylic acids is 1. The highest BCUT2D eigenvalue weighted by Crippen LogP contribution is 2.33. The van der Waals surface area contributed by atoms with E-state index in [1.54, 1.807) is 29.6 Å². The summed E-state index contributed by atoms with van der Waals surface area (Å²) in [4.78, 5) is 27.3. The molecule has 0 aliphatic rings. The van der Waals surface area contributed by atoms with Crippen LogP contribution in [0.5, 0.6) is 0 Å². The molecule has 146 valence electrons. The molecule has 1 aromatic carbocycles. The zero-order chi connectivity index (χ0) is 20.4. The Labute approximate surface area is 160 Å². The average molecular weight is 423 g/mol. The first kappa shape index (κ1) is 21.1. The molecule has 11 heteroatoms. The van der Waals surface area contributed by atoms with E-state index >= 15 is 0 Å². The van der Waals surface area contributed by atoms with Crippen molar-refractivity contribution in [1.29, 1.82) is 0 Å². The highest BCUT2D eigenvalue weighted by atomic mass is 35.5. The summed E-state index contributed by atoms with van der Waals surface area (Å²) in [6.07, 6.45) is -5.70. The van der Waals surface area contributed by atoms with Crippen LogP contribution in [0.1, 0.15) is 12.6 Å². The second-order valence-electron chi connectivity index (χ2n) is 5.82. The third-order valence-corrected chi connectivity index (χ3v) is 4.83. The molecule has 0 saturated carbocycles. The van der Waals surface area contributed by atoms with Crippen LogP contribution in [-0.4, -0.2) is 44.9 Å². The molecular formula is C16H14ClF3N2O4S. The van der Waals surface area contributed by atoms with Crippen molar-refractivity contribution in [2.24, 2.45) is 0 Å². The van der Waals surface area contributed by atoms with E-state index in [-0.39, 0.29) is 12.6 Å². The molecule has 0 aliphatic carbocycles. The molecule has 2 unspecified atom stereocenters. The highest BCUT2D eigenvalue weighted by molar-refractivity contribution is 7.13. The number of rotatable bonds is 6. The average Bonchev–Trinajstić information content (AvgIpc) is 2.99. The molecule has 2 atom stereocenters. The molecule has 0 spiro atoms. The van der Waals surface area contributed by atoms with Crippen LogP contribution in [0, 0.1) is 0 Å². The van der Waals surface area contributed by atoms with Gasteiger partial charge in [0, 0.05) is 16.0 Å². The second-order valence-corrected chi connectivity index (χ2v) is 7.11. The zero-order valence-electron chi connectivity index (χ0n) is 13.7. The van der Waals surface area contributed by atoms with E-state index in [2.05, 4.69) is 4.98 Å². The summed E-state index contributed by atoms with van der Waals surface area (Å²) < 4.78 is 38.6. The molecule has 0 saturated heterocycles. The number of carbonyl (C=O) groups is 2. The van der Waals surface area contributed by atoms with Crippen LogP contribution in [0.2, 0.25) is 5.02 Å². The van der Waals surface area contributed by atoms with Crippen LogP contribution in [-0.2, 0) is 16.0 Å². The Hall–Kier alpha value is -2.17. The predicted octanol–water partition coefficient (Wildman–Crippen LogP) is 2.89. The lowest BCUT2D eigenvalue weighted by molar-refractivity contribution is -0.262. The Morgan fingerprint density at radius 1 is 1.37 bits per heavy atom. The minimum absolute atomic E-state index is 0.239. The molecule has 3 N–H and O–H groups in total. The maximum atomic E-state index is 12.9. The number of halogens is 4. The normalized spacial score (nSPS) is 15.0. The van der Waals surface area contributed by atoms with Crippen LogP contribution in [0.3, 0.4) is 0 Å². The number of carboxylic acids is 1. The molecule has 6 nitrogen and oxygen atoms in total. The lowest BCUT2D eigenvalue weighted by Crippen LogP contribution is -2.62. The summed E-state index contributed by atoms with van der Waals surface area (Å²) in [5.74, 6) is -3.03. The number of thiazole rings is 1. The summed E-state index contributed by atoms with van der Waals surface area (Å²) in [5.41, 5.74) is -2.70. The summed E-state index contributed by atoms with van der Waals surface area (Å²) >= 11 is 7.09. The summed E-state index contributed by atoms with van der Waals surface area (Å²) in [6.45, 7) is 0.284. The maximum absolute atomic E-state index is 12.9. The largest absolute Gasteiger partial charge is 0.480 e. The first-order valence-corrected chi connectivity index (χ1v) is 8.69. The third-order valence-electron chi connectivity index (χ3n) is 3.65. The summed E-state index contributed by atoms with van der Waals surface area (Å²) in [5, 5.41) is 22.7. The number of aromatic nitrogens is 1. The monoisotopic (exact) mass is 422 g/mol. The number of alkyl halides is 3. The predicted molar refractivity (Wildman–Crippen MR) is 92.5 cm³/mol. The maximum Gasteiger partial charge on any atom is 0.419 e. The molecule has 1 aromatic heterocycles. The Kier molecular flexibility index (Phi) is 6.13. The third kappa shape index (κ3) is 4.96. The van der Waals surface area contributed by atoms with E-state index in [1.165, 1.54) is 16.7 Å². The van der Waals surface area contributed by atoms with Crippen LogP contribution >= 0.6 is 22.9 Å². The van der Waals surface area contributed by atoms with Gasteiger partial charge in [0.05, 0.1) is 12.1 Å². The lowest BCUT2D eigenvalue weighted by atomic mass is 9.95. The fraction of sp³-hybridized carbons (Fsp3) is 0.312. The standard InChI is InChI=1S/C16H14ClF3N2O4S/c1-15(26,16(18,19)20)12(14(24)25)22-11(23)6-10-7-27-13(21-10)8-3-2-4-9(17)5-8/h2-5,7,12,26H,6H2,1H3,(H,22,23)(H,24,25). The van der Waals surface area contributed by atoms with Gasteiger partial charge in [-0.3, -0.25) is 4.79 Å². The number of nitrogens with zero attached hydrogens (tertiary/aromatic N) is 1. The number of aliphatic carboxylic acids is 1. The van der Waals surface area contributed by atoms with Gasteiger partial charge in [0.1, 0.15) is 5.01 Å². The SMILES string of the molecule is CC(O)(C(NC(=O)Cc1csc(-c2cccc(Cl)c2)n1)C(=O)O)C(F)(F)F. The Morgan fingerprint density at radius 3 is 2.59 bits per heavy atom. The molecule has 27 heavy (non-hydrogen) atoms. The molecule has 2 aromatic rings. The van der Waals surface area contributed by atoms with Crippen molar-refractivity contribution in [3.63, 3.8) is 0 Å². The fourth-order valence-corrected chi connectivity index (χ4v) is 3.13. The topological polar surface area (TPSA) is 99.5 Å². The summed E-state index contributed by atoms with van der Waals surface area (Å²) in [7, 11) is 0. The molecule has 0 aliphatic heterocycles. The number of amides is 1. The smallest absolute Gasteiger partial charge is 0.419 e. The molecule has 0 radical (unpaired) electrons. The number of nitrogens with one attached hydrogen (secondary N) is 1. The first-order chi connectivity index (χ1) is 12.4. The van der Waals surface area contributed by atoms with Gasteiger partial charge in [-0.05, 0) is 19.1 Å². The Balaban J connectivity index is 2.12. The van der Waals surface area contributed by atoms with Gasteiger partial charge in [-0.1, -0.05) is 23.7 Å². The van der Waals surface area contributed by atoms with Gasteiger partial charge in [-0.2, -0.15) is 13.2 Å². The molecular weight excluding hydrogens is 409 g/mol. The van der Waals surface area contributed by atoms with E-state index in [1.807, 2.05) is 0 Å². The molecule has 0 bridgehead atoms. The Bertz CT molecular complexity index is 854. The number of carboxylic acid groups (broad SMARTS) is 1. The van der Waals surface area contributed by atoms with Crippen molar-refractivity contribution in [2.45, 2.75) is 31.2 Å². The van der Waals surface area contributed by atoms with Crippen molar-refractivity contribution in [1.82, 2.24) is 10.3 Å². The van der Waals surface area contributed by atoms with E-state index in [4.69, 9.17) is 16.7 Å². The van der Waals surface area contributed by atoms with Crippen molar-refractivity contribution >= 4 is 34.8 Å². The van der Waals surface area contributed by atoms with Crippen molar-refractivity contribution in [3.05, 3.63) is 40.4 Å². The van der Waals surface area contributed by atoms with E-state index < -0.39 is 36.1 Å². The number of aliphatic hydroxyl groups is 1. The second kappa shape index (κ2) is 7.83.